The second kappa shape index (κ2) is 5.19. The van der Waals surface area contributed by atoms with E-state index >= 15 is 0 Å². The number of nitrogens with one attached hydrogen (secondary N) is 1. The van der Waals surface area contributed by atoms with Gasteiger partial charge in [0, 0.05) is 12.1 Å². The Labute approximate surface area is 104 Å². The first-order valence-electron chi connectivity index (χ1n) is 5.41. The van der Waals surface area contributed by atoms with Crippen LogP contribution in [0.5, 0.6) is 5.75 Å². The van der Waals surface area contributed by atoms with Gasteiger partial charge in [-0.15, -0.1) is 0 Å². The fraction of sp³-hybridized carbons (Fsp3) is 0.0714. The Morgan fingerprint density at radius 2 is 1.94 bits per heavy atom. The van der Waals surface area contributed by atoms with Crippen LogP contribution in [0.4, 0.5) is 10.1 Å². The Hall–Kier alpha value is -2.54. The first kappa shape index (κ1) is 11.9. The zero-order valence-electron chi connectivity index (χ0n) is 9.52. The molecule has 2 N–H and O–H groups in total. The summed E-state index contributed by atoms with van der Waals surface area (Å²) in [6.45, 7) is 0.324. The summed E-state index contributed by atoms with van der Waals surface area (Å²) in [5.74, 6) is -0.389. The van der Waals surface area contributed by atoms with Crippen LogP contribution in [-0.4, -0.2) is 5.11 Å². The van der Waals surface area contributed by atoms with E-state index in [2.05, 4.69) is 5.32 Å². The Balaban J connectivity index is 2.19. The predicted molar refractivity (Wildman–Crippen MR) is 66.5 cm³/mol. The van der Waals surface area contributed by atoms with Gasteiger partial charge >= 0.3 is 0 Å². The Kier molecular flexibility index (Phi) is 3.44. The molecule has 0 heterocycles. The monoisotopic (exact) mass is 242 g/mol. The summed E-state index contributed by atoms with van der Waals surface area (Å²) in [6.07, 6.45) is 0. The van der Waals surface area contributed by atoms with Gasteiger partial charge in [-0.2, -0.15) is 5.26 Å². The van der Waals surface area contributed by atoms with Gasteiger partial charge in [0.05, 0.1) is 5.69 Å². The smallest absolute Gasteiger partial charge is 0.143 e. The first-order chi connectivity index (χ1) is 8.72. The highest BCUT2D eigenvalue weighted by Crippen LogP contribution is 2.21. The number of hydrogen-bond donors (Lipinski definition) is 2. The summed E-state index contributed by atoms with van der Waals surface area (Å²) < 4.78 is 13.3. The second-order valence-electron chi connectivity index (χ2n) is 3.76. The molecule has 0 aliphatic rings. The fourth-order valence-electron chi connectivity index (χ4n) is 1.64. The van der Waals surface area contributed by atoms with Gasteiger partial charge in [-0.3, -0.25) is 0 Å². The van der Waals surface area contributed by atoms with Crippen molar-refractivity contribution in [1.29, 1.82) is 5.26 Å². The van der Waals surface area contributed by atoms with E-state index in [1.807, 2.05) is 6.07 Å². The molecular weight excluding hydrogens is 231 g/mol. The molecule has 4 heteroatoms. The van der Waals surface area contributed by atoms with E-state index in [9.17, 15) is 9.50 Å². The van der Waals surface area contributed by atoms with Gasteiger partial charge in [-0.25, -0.2) is 4.39 Å². The van der Waals surface area contributed by atoms with Crippen LogP contribution >= 0.6 is 0 Å². The quantitative estimate of drug-likeness (QED) is 0.869. The van der Waals surface area contributed by atoms with E-state index < -0.39 is 5.82 Å². The first-order valence-corrected chi connectivity index (χ1v) is 5.41. The third kappa shape index (κ3) is 2.41. The SMILES string of the molecule is N#Cc1c(F)cccc1NCc1ccccc1O. The van der Waals surface area contributed by atoms with Gasteiger partial charge in [0.1, 0.15) is 23.2 Å². The number of nitrogens with zero attached hydrogens (tertiary/aromatic N) is 1. The number of anilines is 1. The molecule has 0 unspecified atom stereocenters. The van der Waals surface area contributed by atoms with Crippen LogP contribution in [-0.2, 0) is 6.54 Å². The molecule has 0 aromatic heterocycles. The van der Waals surface area contributed by atoms with Crippen molar-refractivity contribution in [3.05, 3.63) is 59.4 Å². The maximum absolute atomic E-state index is 13.3. The number of para-hydroxylation sites is 1. The summed E-state index contributed by atoms with van der Waals surface area (Å²) in [5.41, 5.74) is 1.08. The van der Waals surface area contributed by atoms with Gasteiger partial charge in [-0.1, -0.05) is 24.3 Å². The van der Waals surface area contributed by atoms with Crippen LogP contribution in [0.25, 0.3) is 0 Å². The molecule has 0 saturated heterocycles. The lowest BCUT2D eigenvalue weighted by Gasteiger charge is -2.09. The molecule has 0 aliphatic carbocycles. The van der Waals surface area contributed by atoms with Crippen molar-refractivity contribution in [2.24, 2.45) is 0 Å². The van der Waals surface area contributed by atoms with Gasteiger partial charge < -0.3 is 10.4 Å². The molecule has 0 amide bonds. The molecule has 0 aliphatic heterocycles. The number of nitriles is 1. The second-order valence-corrected chi connectivity index (χ2v) is 3.76. The van der Waals surface area contributed by atoms with Crippen LogP contribution in [0, 0.1) is 17.1 Å². The molecule has 2 aromatic rings. The Bertz CT molecular complexity index is 605. The van der Waals surface area contributed by atoms with E-state index in [0.29, 0.717) is 17.8 Å². The van der Waals surface area contributed by atoms with Crippen molar-refractivity contribution in [3.63, 3.8) is 0 Å². The number of halogens is 1. The van der Waals surface area contributed by atoms with E-state index in [-0.39, 0.29) is 11.3 Å². The number of phenols is 1. The number of aromatic hydroxyl groups is 1. The van der Waals surface area contributed by atoms with Crippen LogP contribution in [0.1, 0.15) is 11.1 Å². The highest BCUT2D eigenvalue weighted by molar-refractivity contribution is 5.58. The molecule has 0 saturated carbocycles. The van der Waals surface area contributed by atoms with Crippen molar-refractivity contribution in [2.75, 3.05) is 5.32 Å². The summed E-state index contributed by atoms with van der Waals surface area (Å²) in [4.78, 5) is 0. The molecule has 0 fully saturated rings. The van der Waals surface area contributed by atoms with Gasteiger partial charge in [0.2, 0.25) is 0 Å². The van der Waals surface area contributed by atoms with Gasteiger partial charge in [-0.05, 0) is 18.2 Å². The lowest BCUT2D eigenvalue weighted by Crippen LogP contribution is -2.02. The van der Waals surface area contributed by atoms with Crippen LogP contribution in [0.15, 0.2) is 42.5 Å². The number of hydrogen-bond acceptors (Lipinski definition) is 3. The minimum Gasteiger partial charge on any atom is -0.508 e. The fourth-order valence-corrected chi connectivity index (χ4v) is 1.64. The molecule has 18 heavy (non-hydrogen) atoms. The van der Waals surface area contributed by atoms with Crippen LogP contribution in [0.3, 0.4) is 0 Å². The van der Waals surface area contributed by atoms with Gasteiger partial charge in [0.15, 0.2) is 0 Å². The molecule has 0 radical (unpaired) electrons. The van der Waals surface area contributed by atoms with Gasteiger partial charge in [0.25, 0.3) is 0 Å². The van der Waals surface area contributed by atoms with Crippen molar-refractivity contribution < 1.29 is 9.50 Å². The standard InChI is InChI=1S/C14H11FN2O/c15-12-5-3-6-13(11(12)8-16)17-9-10-4-1-2-7-14(10)18/h1-7,17-18H,9H2. The highest BCUT2D eigenvalue weighted by atomic mass is 19.1. The lowest BCUT2D eigenvalue weighted by atomic mass is 10.1. The van der Waals surface area contributed by atoms with Crippen molar-refractivity contribution in [3.8, 4) is 11.8 Å². The number of phenolic OH excluding ortho intramolecular Hbond substituents is 1. The van der Waals surface area contributed by atoms with E-state index in [0.717, 1.165) is 0 Å². The highest BCUT2D eigenvalue weighted by Gasteiger charge is 2.07. The maximum atomic E-state index is 13.3. The Morgan fingerprint density at radius 1 is 1.17 bits per heavy atom. The topological polar surface area (TPSA) is 56.0 Å². The van der Waals surface area contributed by atoms with E-state index in [1.54, 1.807) is 30.3 Å². The third-order valence-electron chi connectivity index (χ3n) is 2.59. The largest absolute Gasteiger partial charge is 0.508 e. The predicted octanol–water partition coefficient (Wildman–Crippen LogP) is 3.02. The summed E-state index contributed by atoms with van der Waals surface area (Å²) in [7, 11) is 0. The third-order valence-corrected chi connectivity index (χ3v) is 2.59. The van der Waals surface area contributed by atoms with E-state index in [4.69, 9.17) is 5.26 Å². The molecular formula is C14H11FN2O. The minimum absolute atomic E-state index is 0.0204. The van der Waals surface area contributed by atoms with Crippen LogP contribution < -0.4 is 5.32 Å². The zero-order valence-corrected chi connectivity index (χ0v) is 9.52. The number of rotatable bonds is 3. The van der Waals surface area contributed by atoms with Crippen molar-refractivity contribution in [2.45, 2.75) is 6.54 Å². The maximum Gasteiger partial charge on any atom is 0.143 e. The minimum atomic E-state index is -0.556. The molecule has 0 atom stereocenters. The van der Waals surface area contributed by atoms with E-state index in [1.165, 1.54) is 12.1 Å². The average Bonchev–Trinajstić information content (AvgIpc) is 2.38. The normalized spacial score (nSPS) is 9.78. The summed E-state index contributed by atoms with van der Waals surface area (Å²) in [6, 6.07) is 13.1. The summed E-state index contributed by atoms with van der Waals surface area (Å²) >= 11 is 0. The molecule has 2 rings (SSSR count). The Morgan fingerprint density at radius 3 is 2.67 bits per heavy atom. The van der Waals surface area contributed by atoms with Crippen molar-refractivity contribution >= 4 is 5.69 Å². The average molecular weight is 242 g/mol. The van der Waals surface area contributed by atoms with Crippen LogP contribution in [0.2, 0.25) is 0 Å². The zero-order chi connectivity index (χ0) is 13.0. The molecule has 3 nitrogen and oxygen atoms in total. The molecule has 0 spiro atoms. The molecule has 90 valence electrons. The lowest BCUT2D eigenvalue weighted by molar-refractivity contribution is 0.469. The summed E-state index contributed by atoms with van der Waals surface area (Å²) in [5, 5.41) is 21.4. The van der Waals surface area contributed by atoms with Crippen molar-refractivity contribution in [1.82, 2.24) is 0 Å². The molecule has 2 aromatic carbocycles. The molecule has 0 bridgehead atoms. The number of benzene rings is 2.